The Hall–Kier alpha value is -2.48. The van der Waals surface area contributed by atoms with E-state index in [9.17, 15) is 4.79 Å². The quantitative estimate of drug-likeness (QED) is 0.863. The second-order valence-corrected chi connectivity index (χ2v) is 6.82. The number of hydrogen-bond acceptors (Lipinski definition) is 6. The van der Waals surface area contributed by atoms with E-state index < -0.39 is 5.97 Å². The van der Waals surface area contributed by atoms with Crippen LogP contribution in [0.5, 0.6) is 0 Å². The molecule has 8 heteroatoms. The van der Waals surface area contributed by atoms with Crippen LogP contribution in [0.15, 0.2) is 30.9 Å². The number of nitrogens with one attached hydrogen (secondary N) is 1. The lowest BCUT2D eigenvalue weighted by Gasteiger charge is -2.47. The summed E-state index contributed by atoms with van der Waals surface area (Å²) in [6.07, 6.45) is 7.19. The molecule has 0 bridgehead atoms. The average Bonchev–Trinajstić information content (AvgIpc) is 2.98. The summed E-state index contributed by atoms with van der Waals surface area (Å²) >= 11 is 0. The summed E-state index contributed by atoms with van der Waals surface area (Å²) < 4.78 is 8.00. The van der Waals surface area contributed by atoms with Crippen LogP contribution in [0.4, 0.5) is 5.82 Å². The van der Waals surface area contributed by atoms with Gasteiger partial charge >= 0.3 is 5.97 Å². The van der Waals surface area contributed by atoms with Crippen molar-refractivity contribution in [1.82, 2.24) is 19.7 Å². The highest BCUT2D eigenvalue weighted by Gasteiger charge is 2.45. The monoisotopic (exact) mass is 331 g/mol. The molecule has 1 aliphatic carbocycles. The normalized spacial score (nSPS) is 23.5. The minimum atomic E-state index is -1.09. The van der Waals surface area contributed by atoms with Crippen LogP contribution in [-0.4, -0.2) is 48.6 Å². The number of rotatable bonds is 5. The SMILES string of the molecule is CC(C)(C)OC1CC(Nc2cnc(C(=O)O)cn2)C1n1cccn1. The van der Waals surface area contributed by atoms with Crippen LogP contribution in [0.1, 0.15) is 43.7 Å². The Morgan fingerprint density at radius 1 is 1.38 bits per heavy atom. The molecule has 2 aromatic rings. The molecule has 2 heterocycles. The number of anilines is 1. The van der Waals surface area contributed by atoms with Crippen molar-refractivity contribution in [2.24, 2.45) is 0 Å². The lowest BCUT2D eigenvalue weighted by atomic mass is 9.82. The number of aromatic carboxylic acids is 1. The van der Waals surface area contributed by atoms with Crippen molar-refractivity contribution in [3.05, 3.63) is 36.5 Å². The first-order valence-corrected chi connectivity index (χ1v) is 7.82. The third kappa shape index (κ3) is 3.53. The van der Waals surface area contributed by atoms with Crippen LogP contribution in [0.3, 0.4) is 0 Å². The standard InChI is InChI=1S/C16H21N5O3/c1-16(2,3)24-12-7-10(14(12)21-6-4-5-19-21)20-13-9-17-11(8-18-13)15(22)23/h4-6,8-10,12,14H,7H2,1-3H3,(H,18,20)(H,22,23). The molecule has 3 unspecified atom stereocenters. The number of carboxylic acids is 1. The van der Waals surface area contributed by atoms with Crippen molar-refractivity contribution in [2.75, 3.05) is 5.32 Å². The molecule has 3 atom stereocenters. The summed E-state index contributed by atoms with van der Waals surface area (Å²) in [6.45, 7) is 6.10. The number of ether oxygens (including phenoxy) is 1. The Morgan fingerprint density at radius 3 is 2.71 bits per heavy atom. The number of hydrogen-bond donors (Lipinski definition) is 2. The van der Waals surface area contributed by atoms with Gasteiger partial charge in [0.25, 0.3) is 0 Å². The smallest absolute Gasteiger partial charge is 0.356 e. The number of carboxylic acid groups (broad SMARTS) is 1. The van der Waals surface area contributed by atoms with E-state index in [-0.39, 0.29) is 29.5 Å². The van der Waals surface area contributed by atoms with Crippen LogP contribution in [0.2, 0.25) is 0 Å². The molecule has 0 saturated heterocycles. The van der Waals surface area contributed by atoms with Gasteiger partial charge in [-0.15, -0.1) is 0 Å². The molecule has 128 valence electrons. The van der Waals surface area contributed by atoms with Gasteiger partial charge < -0.3 is 15.2 Å². The minimum absolute atomic E-state index is 0.0418. The topological polar surface area (TPSA) is 102 Å². The molecule has 1 saturated carbocycles. The maximum absolute atomic E-state index is 10.8. The molecule has 0 amide bonds. The van der Waals surface area contributed by atoms with E-state index in [0.29, 0.717) is 5.82 Å². The summed E-state index contributed by atoms with van der Waals surface area (Å²) in [5.41, 5.74) is -0.309. The lowest BCUT2D eigenvalue weighted by molar-refractivity contribution is -0.126. The maximum atomic E-state index is 10.8. The van der Waals surface area contributed by atoms with Gasteiger partial charge in [0.2, 0.25) is 0 Å². The summed E-state index contributed by atoms with van der Waals surface area (Å²) in [4.78, 5) is 18.8. The Balaban J connectivity index is 1.72. The predicted octanol–water partition coefficient (Wildman–Crippen LogP) is 1.98. The Labute approximate surface area is 139 Å². The van der Waals surface area contributed by atoms with E-state index in [1.54, 1.807) is 6.20 Å². The Kier molecular flexibility index (Phi) is 4.23. The summed E-state index contributed by atoms with van der Waals surface area (Å²) in [5, 5.41) is 16.5. The van der Waals surface area contributed by atoms with Gasteiger partial charge in [0.15, 0.2) is 5.69 Å². The molecule has 0 aromatic carbocycles. The summed E-state index contributed by atoms with van der Waals surface area (Å²) in [7, 11) is 0. The second-order valence-electron chi connectivity index (χ2n) is 6.82. The van der Waals surface area contributed by atoms with Crippen molar-refractivity contribution in [1.29, 1.82) is 0 Å². The van der Waals surface area contributed by atoms with Gasteiger partial charge in [-0.1, -0.05) is 0 Å². The zero-order valence-electron chi connectivity index (χ0n) is 13.9. The van der Waals surface area contributed by atoms with E-state index in [4.69, 9.17) is 9.84 Å². The lowest BCUT2D eigenvalue weighted by Crippen LogP contribution is -2.54. The first kappa shape index (κ1) is 16.4. The fourth-order valence-corrected chi connectivity index (χ4v) is 2.82. The molecule has 3 rings (SSSR count). The van der Waals surface area contributed by atoms with E-state index >= 15 is 0 Å². The molecule has 24 heavy (non-hydrogen) atoms. The molecule has 0 radical (unpaired) electrons. The third-order valence-corrected chi connectivity index (χ3v) is 3.82. The van der Waals surface area contributed by atoms with Crippen LogP contribution in [-0.2, 0) is 4.74 Å². The minimum Gasteiger partial charge on any atom is -0.476 e. The van der Waals surface area contributed by atoms with Gasteiger partial charge in [0, 0.05) is 12.4 Å². The molecule has 2 N–H and O–H groups in total. The van der Waals surface area contributed by atoms with Gasteiger partial charge in [0.05, 0.1) is 36.2 Å². The maximum Gasteiger partial charge on any atom is 0.356 e. The average molecular weight is 331 g/mol. The van der Waals surface area contributed by atoms with Crippen LogP contribution in [0, 0.1) is 0 Å². The summed E-state index contributed by atoms with van der Waals surface area (Å²) in [6, 6.07) is 2.01. The van der Waals surface area contributed by atoms with Crippen LogP contribution >= 0.6 is 0 Å². The molecule has 8 nitrogen and oxygen atoms in total. The van der Waals surface area contributed by atoms with Crippen molar-refractivity contribution in [2.45, 2.75) is 51.0 Å². The highest BCUT2D eigenvalue weighted by molar-refractivity contribution is 5.84. The molecule has 1 fully saturated rings. The van der Waals surface area contributed by atoms with Gasteiger partial charge in [-0.25, -0.2) is 14.8 Å². The first-order chi connectivity index (χ1) is 11.3. The fourth-order valence-electron chi connectivity index (χ4n) is 2.82. The van der Waals surface area contributed by atoms with E-state index in [0.717, 1.165) is 6.42 Å². The third-order valence-electron chi connectivity index (χ3n) is 3.82. The highest BCUT2D eigenvalue weighted by Crippen LogP contribution is 2.38. The van der Waals surface area contributed by atoms with E-state index in [1.165, 1.54) is 12.4 Å². The van der Waals surface area contributed by atoms with Crippen molar-refractivity contribution in [3.63, 3.8) is 0 Å². The highest BCUT2D eigenvalue weighted by atomic mass is 16.5. The number of nitrogens with zero attached hydrogens (tertiary/aromatic N) is 4. The van der Waals surface area contributed by atoms with Gasteiger partial charge in [-0.2, -0.15) is 5.10 Å². The summed E-state index contributed by atoms with van der Waals surface area (Å²) in [5.74, 6) is -0.554. The molecule has 1 aliphatic rings. The van der Waals surface area contributed by atoms with Crippen LogP contribution < -0.4 is 5.32 Å². The zero-order valence-corrected chi connectivity index (χ0v) is 13.9. The molecule has 0 aliphatic heterocycles. The largest absolute Gasteiger partial charge is 0.476 e. The van der Waals surface area contributed by atoms with Crippen LogP contribution in [0.25, 0.3) is 0 Å². The van der Waals surface area contributed by atoms with E-state index in [2.05, 4.69) is 20.4 Å². The van der Waals surface area contributed by atoms with Crippen molar-refractivity contribution < 1.29 is 14.6 Å². The first-order valence-electron chi connectivity index (χ1n) is 7.82. The second kappa shape index (κ2) is 6.20. The molecule has 0 spiro atoms. The molecular weight excluding hydrogens is 310 g/mol. The number of carbonyl (C=O) groups is 1. The zero-order chi connectivity index (χ0) is 17.3. The molecule has 2 aromatic heterocycles. The van der Waals surface area contributed by atoms with Crippen molar-refractivity contribution >= 4 is 11.8 Å². The van der Waals surface area contributed by atoms with Crippen molar-refractivity contribution in [3.8, 4) is 0 Å². The predicted molar refractivity (Wildman–Crippen MR) is 86.9 cm³/mol. The van der Waals surface area contributed by atoms with Gasteiger partial charge in [-0.3, -0.25) is 4.68 Å². The Bertz CT molecular complexity index is 694. The van der Waals surface area contributed by atoms with Gasteiger partial charge in [-0.05, 0) is 33.3 Å². The van der Waals surface area contributed by atoms with Gasteiger partial charge in [0.1, 0.15) is 5.82 Å². The Morgan fingerprint density at radius 2 is 2.17 bits per heavy atom. The fraction of sp³-hybridized carbons (Fsp3) is 0.500. The molecular formula is C16H21N5O3. The van der Waals surface area contributed by atoms with E-state index in [1.807, 2.05) is 37.7 Å². The number of aromatic nitrogens is 4.